The van der Waals surface area contributed by atoms with Crippen molar-refractivity contribution >= 4 is 5.57 Å². The molecule has 0 saturated heterocycles. The van der Waals surface area contributed by atoms with Crippen molar-refractivity contribution in [2.45, 2.75) is 32.2 Å². The van der Waals surface area contributed by atoms with Crippen LogP contribution in [0.2, 0.25) is 0 Å². The van der Waals surface area contributed by atoms with Gasteiger partial charge in [0.1, 0.15) is 11.5 Å². The Labute approximate surface area is 178 Å². The van der Waals surface area contributed by atoms with Gasteiger partial charge in [-0.3, -0.25) is 0 Å². The van der Waals surface area contributed by atoms with E-state index in [0.29, 0.717) is 29.4 Å². The third-order valence-corrected chi connectivity index (χ3v) is 4.80. The summed E-state index contributed by atoms with van der Waals surface area (Å²) in [5.74, 6) is 2.13. The molecule has 4 rings (SSSR count). The van der Waals surface area contributed by atoms with Crippen LogP contribution in [0.5, 0.6) is 23.0 Å². The number of allylic oxidation sites excluding steroid dienone is 2. The lowest BCUT2D eigenvalue weighted by molar-refractivity contribution is -0.0690. The molecule has 3 aromatic carbocycles. The molecule has 0 amide bonds. The molecule has 1 atom stereocenters. The van der Waals surface area contributed by atoms with E-state index in [2.05, 4.69) is 0 Å². The number of hydrogen-bond donors (Lipinski definition) is 0. The van der Waals surface area contributed by atoms with Gasteiger partial charge in [-0.1, -0.05) is 42.5 Å². The van der Waals surface area contributed by atoms with Crippen molar-refractivity contribution in [1.82, 2.24) is 0 Å². The lowest BCUT2D eigenvalue weighted by atomic mass is 10.0. The summed E-state index contributed by atoms with van der Waals surface area (Å²) >= 11 is 0. The second-order valence-electron chi connectivity index (χ2n) is 7.18. The zero-order chi connectivity index (χ0) is 21.8. The highest BCUT2D eigenvalue weighted by Gasteiger charge is 2.35. The molecule has 1 aliphatic heterocycles. The average molecular weight is 426 g/mol. The van der Waals surface area contributed by atoms with Crippen LogP contribution in [0.25, 0.3) is 5.57 Å². The number of aryl methyl sites for hydroxylation is 1. The molecule has 0 aromatic heterocycles. The van der Waals surface area contributed by atoms with Crippen molar-refractivity contribution in [2.75, 3.05) is 0 Å². The largest absolute Gasteiger partial charge is 0.457 e. The van der Waals surface area contributed by atoms with Crippen LogP contribution in [0.4, 0.5) is 13.2 Å². The van der Waals surface area contributed by atoms with Gasteiger partial charge in [0, 0.05) is 6.92 Å². The number of benzene rings is 3. The summed E-state index contributed by atoms with van der Waals surface area (Å²) in [4.78, 5) is 0. The van der Waals surface area contributed by atoms with Crippen LogP contribution < -0.4 is 14.2 Å². The first kappa shape index (κ1) is 20.8. The fourth-order valence-corrected chi connectivity index (χ4v) is 3.42. The first-order valence-corrected chi connectivity index (χ1v) is 9.95. The lowest BCUT2D eigenvalue weighted by Gasteiger charge is -2.13. The van der Waals surface area contributed by atoms with E-state index in [1.54, 1.807) is 6.92 Å². The molecule has 0 bridgehead atoms. The summed E-state index contributed by atoms with van der Waals surface area (Å²) in [5.41, 5.74) is 0.269. The van der Waals surface area contributed by atoms with Crippen molar-refractivity contribution in [1.29, 1.82) is 0 Å². The maximum atomic E-state index is 13.7. The quantitative estimate of drug-likeness (QED) is 0.418. The molecule has 0 N–H and O–H groups in total. The van der Waals surface area contributed by atoms with Crippen molar-refractivity contribution in [3.63, 3.8) is 0 Å². The minimum atomic E-state index is -4.47. The first-order chi connectivity index (χ1) is 14.9. The van der Waals surface area contributed by atoms with Crippen LogP contribution in [0.3, 0.4) is 0 Å². The Morgan fingerprint density at radius 2 is 1.65 bits per heavy atom. The normalized spacial score (nSPS) is 15.7. The maximum absolute atomic E-state index is 13.7. The zero-order valence-corrected chi connectivity index (χ0v) is 16.9. The van der Waals surface area contributed by atoms with E-state index in [1.165, 1.54) is 24.3 Å². The average Bonchev–Trinajstić information content (AvgIpc) is 3.10. The van der Waals surface area contributed by atoms with Crippen molar-refractivity contribution in [2.24, 2.45) is 0 Å². The smallest absolute Gasteiger partial charge is 0.416 e. The molecule has 1 aliphatic rings. The van der Waals surface area contributed by atoms with E-state index >= 15 is 0 Å². The summed E-state index contributed by atoms with van der Waals surface area (Å²) < 4.78 is 57.7. The number of rotatable bonds is 6. The third-order valence-electron chi connectivity index (χ3n) is 4.80. The summed E-state index contributed by atoms with van der Waals surface area (Å²) in [6.07, 6.45) is -3.07. The number of halogens is 3. The van der Waals surface area contributed by atoms with E-state index in [0.717, 1.165) is 5.56 Å². The maximum Gasteiger partial charge on any atom is 0.416 e. The fraction of sp³-hybridized carbons (Fsp3) is 0.200. The van der Waals surface area contributed by atoms with E-state index in [4.69, 9.17) is 14.2 Å². The Morgan fingerprint density at radius 3 is 2.42 bits per heavy atom. The second-order valence-corrected chi connectivity index (χ2v) is 7.18. The van der Waals surface area contributed by atoms with Gasteiger partial charge in [-0.05, 0) is 60.4 Å². The van der Waals surface area contributed by atoms with Gasteiger partial charge >= 0.3 is 6.18 Å². The van der Waals surface area contributed by atoms with Crippen LogP contribution in [-0.2, 0) is 6.42 Å². The number of alkyl halides is 3. The minimum Gasteiger partial charge on any atom is -0.457 e. The fourth-order valence-electron chi connectivity index (χ4n) is 3.42. The van der Waals surface area contributed by atoms with Gasteiger partial charge in [-0.15, -0.1) is 0 Å². The predicted octanol–water partition coefficient (Wildman–Crippen LogP) is 7.17. The van der Waals surface area contributed by atoms with Gasteiger partial charge in [0.15, 0.2) is 11.5 Å². The summed E-state index contributed by atoms with van der Waals surface area (Å²) in [7, 11) is 0. The summed E-state index contributed by atoms with van der Waals surface area (Å²) in [6.45, 7) is 1.69. The van der Waals surface area contributed by atoms with Crippen LogP contribution in [0.1, 0.15) is 24.5 Å². The van der Waals surface area contributed by atoms with Crippen LogP contribution in [0.15, 0.2) is 78.9 Å². The van der Waals surface area contributed by atoms with E-state index in [-0.39, 0.29) is 12.0 Å². The van der Waals surface area contributed by atoms with Gasteiger partial charge in [-0.2, -0.15) is 13.2 Å². The molecule has 1 unspecified atom stereocenters. The number of hydrogen-bond acceptors (Lipinski definition) is 3. The predicted molar refractivity (Wildman–Crippen MR) is 112 cm³/mol. The third kappa shape index (κ3) is 5.20. The van der Waals surface area contributed by atoms with Gasteiger partial charge < -0.3 is 14.2 Å². The standard InChI is InChI=1S/C25H21F3O3/c1-17-29-23-14-13-19(16-24(23)30-17)22(25(26,27)28)12-6-8-18-7-5-11-21(15-18)31-20-9-3-2-4-10-20/h2-5,7,9-17H,6,8H2,1H3/b22-12+. The molecular formula is C25H21F3O3. The van der Waals surface area contributed by atoms with Crippen LogP contribution >= 0.6 is 0 Å². The SMILES string of the molecule is CC1Oc2ccc(/C(=C\CCc3cccc(Oc4ccccc4)c3)C(F)(F)F)cc2O1. The molecule has 31 heavy (non-hydrogen) atoms. The van der Waals surface area contributed by atoms with Crippen molar-refractivity contribution in [3.8, 4) is 23.0 Å². The van der Waals surface area contributed by atoms with E-state index in [9.17, 15) is 13.2 Å². The first-order valence-electron chi connectivity index (χ1n) is 9.95. The molecule has 0 radical (unpaired) electrons. The van der Waals surface area contributed by atoms with Crippen molar-refractivity contribution in [3.05, 3.63) is 90.0 Å². The molecule has 3 aromatic rings. The topological polar surface area (TPSA) is 27.7 Å². The highest BCUT2D eigenvalue weighted by molar-refractivity contribution is 5.72. The summed E-state index contributed by atoms with van der Waals surface area (Å²) in [5, 5.41) is 0. The Hall–Kier alpha value is -3.41. The Kier molecular flexibility index (Phi) is 5.89. The molecule has 0 aliphatic carbocycles. The van der Waals surface area contributed by atoms with Crippen LogP contribution in [0, 0.1) is 0 Å². The highest BCUT2D eigenvalue weighted by Crippen LogP contribution is 2.41. The van der Waals surface area contributed by atoms with Gasteiger partial charge in [-0.25, -0.2) is 0 Å². The van der Waals surface area contributed by atoms with Crippen molar-refractivity contribution < 1.29 is 27.4 Å². The summed E-state index contributed by atoms with van der Waals surface area (Å²) in [6, 6.07) is 21.0. The molecule has 0 saturated carbocycles. The van der Waals surface area contributed by atoms with Gasteiger partial charge in [0.2, 0.25) is 6.29 Å². The number of ether oxygens (including phenoxy) is 3. The Bertz CT molecular complexity index is 1070. The molecular weight excluding hydrogens is 405 g/mol. The molecule has 3 nitrogen and oxygen atoms in total. The zero-order valence-electron chi connectivity index (χ0n) is 16.9. The minimum absolute atomic E-state index is 0.0603. The molecule has 0 fully saturated rings. The highest BCUT2D eigenvalue weighted by atomic mass is 19.4. The Balaban J connectivity index is 1.48. The lowest BCUT2D eigenvalue weighted by Crippen LogP contribution is -2.11. The van der Waals surface area contributed by atoms with Gasteiger partial charge in [0.05, 0.1) is 5.57 Å². The van der Waals surface area contributed by atoms with Gasteiger partial charge in [0.25, 0.3) is 0 Å². The van der Waals surface area contributed by atoms with Crippen LogP contribution in [-0.4, -0.2) is 12.5 Å². The van der Waals surface area contributed by atoms with E-state index < -0.39 is 18.0 Å². The molecule has 160 valence electrons. The second kappa shape index (κ2) is 8.76. The van der Waals surface area contributed by atoms with E-state index in [1.807, 2.05) is 54.6 Å². The number of fused-ring (bicyclic) bond motifs is 1. The monoisotopic (exact) mass is 426 g/mol. The molecule has 6 heteroatoms. The molecule has 0 spiro atoms. The number of para-hydroxylation sites is 1. The molecule has 1 heterocycles. The Morgan fingerprint density at radius 1 is 0.903 bits per heavy atom.